The number of nitrogens with zero attached hydrogens (tertiary/aromatic N) is 1. The summed E-state index contributed by atoms with van der Waals surface area (Å²) in [6.45, 7) is 4.48. The van der Waals surface area contributed by atoms with Crippen molar-refractivity contribution in [3.05, 3.63) is 0 Å². The SMILES string of the molecule is CC1CCCN(S(=O)(=O)NCC2(CN)CCCCC2)C1. The highest BCUT2D eigenvalue weighted by Crippen LogP contribution is 2.35. The van der Waals surface area contributed by atoms with Crippen LogP contribution in [0.5, 0.6) is 0 Å². The fourth-order valence-electron chi connectivity index (χ4n) is 3.46. The predicted octanol–water partition coefficient (Wildman–Crippen LogP) is 1.46. The number of hydrogen-bond donors (Lipinski definition) is 2. The second-order valence-corrected chi connectivity index (χ2v) is 8.45. The third kappa shape index (κ3) is 3.93. The first-order valence-corrected chi connectivity index (χ1v) is 9.36. The first kappa shape index (κ1) is 16.2. The minimum Gasteiger partial charge on any atom is -0.330 e. The molecule has 0 amide bonds. The number of piperidine rings is 1. The van der Waals surface area contributed by atoms with E-state index in [0.717, 1.165) is 25.7 Å². The molecule has 3 N–H and O–H groups in total. The summed E-state index contributed by atoms with van der Waals surface area (Å²) in [5.74, 6) is 0.457. The quantitative estimate of drug-likeness (QED) is 0.807. The number of nitrogens with one attached hydrogen (secondary N) is 1. The smallest absolute Gasteiger partial charge is 0.279 e. The number of nitrogens with two attached hydrogens (primary N) is 1. The second kappa shape index (κ2) is 6.73. The van der Waals surface area contributed by atoms with Gasteiger partial charge in [0.1, 0.15) is 0 Å². The molecule has 2 rings (SSSR count). The number of rotatable bonds is 5. The molecule has 0 aromatic rings. The maximum absolute atomic E-state index is 12.4. The zero-order valence-electron chi connectivity index (χ0n) is 12.6. The third-order valence-electron chi connectivity index (χ3n) is 4.94. The molecule has 1 aliphatic heterocycles. The summed E-state index contributed by atoms with van der Waals surface area (Å²) in [7, 11) is -3.34. The molecule has 0 bridgehead atoms. The Morgan fingerprint density at radius 2 is 1.95 bits per heavy atom. The van der Waals surface area contributed by atoms with Gasteiger partial charge in [0.2, 0.25) is 0 Å². The van der Waals surface area contributed by atoms with E-state index in [0.29, 0.717) is 32.1 Å². The van der Waals surface area contributed by atoms with Crippen molar-refractivity contribution in [2.75, 3.05) is 26.2 Å². The van der Waals surface area contributed by atoms with E-state index in [1.807, 2.05) is 0 Å². The Morgan fingerprint density at radius 1 is 1.25 bits per heavy atom. The predicted molar refractivity (Wildman–Crippen MR) is 81.5 cm³/mol. The Balaban J connectivity index is 1.94. The molecule has 1 aliphatic carbocycles. The highest BCUT2D eigenvalue weighted by molar-refractivity contribution is 7.87. The molecule has 118 valence electrons. The van der Waals surface area contributed by atoms with Crippen molar-refractivity contribution >= 4 is 10.2 Å². The van der Waals surface area contributed by atoms with Crippen LogP contribution in [0.25, 0.3) is 0 Å². The fourth-order valence-corrected chi connectivity index (χ4v) is 4.95. The summed E-state index contributed by atoms with van der Waals surface area (Å²) in [6, 6.07) is 0. The standard InChI is InChI=1S/C14H29N3O2S/c1-13-6-5-9-17(10-13)20(18,19)16-12-14(11-15)7-3-2-4-8-14/h13,16H,2-12,15H2,1H3. The third-order valence-corrected chi connectivity index (χ3v) is 6.46. The van der Waals surface area contributed by atoms with Crippen LogP contribution in [0.15, 0.2) is 0 Å². The molecular weight excluding hydrogens is 274 g/mol. The van der Waals surface area contributed by atoms with Crippen molar-refractivity contribution in [1.29, 1.82) is 0 Å². The highest BCUT2D eigenvalue weighted by Gasteiger charge is 2.34. The van der Waals surface area contributed by atoms with Crippen molar-refractivity contribution in [2.24, 2.45) is 17.1 Å². The average Bonchev–Trinajstić information content (AvgIpc) is 2.46. The van der Waals surface area contributed by atoms with E-state index in [4.69, 9.17) is 5.73 Å². The van der Waals surface area contributed by atoms with E-state index >= 15 is 0 Å². The van der Waals surface area contributed by atoms with Gasteiger partial charge in [-0.05, 0) is 43.6 Å². The van der Waals surface area contributed by atoms with Gasteiger partial charge < -0.3 is 5.73 Å². The van der Waals surface area contributed by atoms with Crippen molar-refractivity contribution in [2.45, 2.75) is 51.9 Å². The van der Waals surface area contributed by atoms with Gasteiger partial charge in [0.05, 0.1) is 0 Å². The fraction of sp³-hybridized carbons (Fsp3) is 1.00. The van der Waals surface area contributed by atoms with Crippen molar-refractivity contribution in [1.82, 2.24) is 9.03 Å². The molecule has 1 unspecified atom stereocenters. The Kier molecular flexibility index (Phi) is 5.45. The summed E-state index contributed by atoms with van der Waals surface area (Å²) in [5.41, 5.74) is 5.90. The Hall–Kier alpha value is -0.170. The molecule has 20 heavy (non-hydrogen) atoms. The summed E-state index contributed by atoms with van der Waals surface area (Å²) >= 11 is 0. The summed E-state index contributed by atoms with van der Waals surface area (Å²) in [5, 5.41) is 0. The van der Waals surface area contributed by atoms with Crippen LogP contribution in [0.2, 0.25) is 0 Å². The van der Waals surface area contributed by atoms with Gasteiger partial charge in [0, 0.05) is 19.6 Å². The minimum absolute atomic E-state index is 0.0211. The van der Waals surface area contributed by atoms with Gasteiger partial charge >= 0.3 is 0 Å². The van der Waals surface area contributed by atoms with Crippen LogP contribution in [-0.2, 0) is 10.2 Å². The molecule has 1 heterocycles. The number of hydrogen-bond acceptors (Lipinski definition) is 3. The van der Waals surface area contributed by atoms with E-state index in [2.05, 4.69) is 11.6 Å². The van der Waals surface area contributed by atoms with Crippen LogP contribution in [-0.4, -0.2) is 38.9 Å². The molecule has 1 atom stereocenters. The summed E-state index contributed by atoms with van der Waals surface area (Å²) < 4.78 is 29.2. The molecular formula is C14H29N3O2S. The lowest BCUT2D eigenvalue weighted by atomic mass is 9.74. The van der Waals surface area contributed by atoms with E-state index in [1.165, 1.54) is 19.3 Å². The van der Waals surface area contributed by atoms with Crippen LogP contribution in [0.4, 0.5) is 0 Å². The van der Waals surface area contributed by atoms with Gasteiger partial charge in [-0.1, -0.05) is 26.2 Å². The largest absolute Gasteiger partial charge is 0.330 e. The molecule has 2 fully saturated rings. The van der Waals surface area contributed by atoms with Crippen LogP contribution in [0.1, 0.15) is 51.9 Å². The molecule has 0 spiro atoms. The summed E-state index contributed by atoms with van der Waals surface area (Å²) in [6.07, 6.45) is 7.76. The topological polar surface area (TPSA) is 75.4 Å². The van der Waals surface area contributed by atoms with Gasteiger partial charge in [0.15, 0.2) is 0 Å². The van der Waals surface area contributed by atoms with Crippen molar-refractivity contribution in [3.63, 3.8) is 0 Å². The zero-order chi connectivity index (χ0) is 14.6. The first-order chi connectivity index (χ1) is 9.47. The Morgan fingerprint density at radius 3 is 2.55 bits per heavy atom. The second-order valence-electron chi connectivity index (χ2n) is 6.70. The van der Waals surface area contributed by atoms with Gasteiger partial charge in [-0.25, -0.2) is 4.72 Å². The average molecular weight is 303 g/mol. The van der Waals surface area contributed by atoms with Gasteiger partial charge in [-0.15, -0.1) is 0 Å². The van der Waals surface area contributed by atoms with E-state index in [9.17, 15) is 8.42 Å². The van der Waals surface area contributed by atoms with Crippen LogP contribution >= 0.6 is 0 Å². The van der Waals surface area contributed by atoms with E-state index in [1.54, 1.807) is 4.31 Å². The minimum atomic E-state index is -3.34. The van der Waals surface area contributed by atoms with E-state index < -0.39 is 10.2 Å². The molecule has 2 aliphatic rings. The lowest BCUT2D eigenvalue weighted by Crippen LogP contribution is -2.50. The Bertz CT molecular complexity index is 405. The zero-order valence-corrected chi connectivity index (χ0v) is 13.4. The Labute approximate surface area is 123 Å². The van der Waals surface area contributed by atoms with Gasteiger partial charge in [-0.3, -0.25) is 0 Å². The maximum Gasteiger partial charge on any atom is 0.279 e. The molecule has 6 heteroatoms. The first-order valence-electron chi connectivity index (χ1n) is 7.92. The maximum atomic E-state index is 12.4. The lowest BCUT2D eigenvalue weighted by molar-refractivity contribution is 0.199. The highest BCUT2D eigenvalue weighted by atomic mass is 32.2. The normalized spacial score (nSPS) is 28.4. The van der Waals surface area contributed by atoms with Gasteiger partial charge in [0.25, 0.3) is 10.2 Å². The lowest BCUT2D eigenvalue weighted by Gasteiger charge is -2.37. The molecule has 0 aromatic carbocycles. The van der Waals surface area contributed by atoms with Crippen LogP contribution in [0.3, 0.4) is 0 Å². The molecule has 5 nitrogen and oxygen atoms in total. The van der Waals surface area contributed by atoms with Crippen molar-refractivity contribution in [3.8, 4) is 0 Å². The molecule has 0 radical (unpaired) electrons. The molecule has 1 saturated carbocycles. The monoisotopic (exact) mass is 303 g/mol. The molecule has 1 saturated heterocycles. The van der Waals surface area contributed by atoms with Crippen LogP contribution in [0, 0.1) is 11.3 Å². The molecule has 0 aromatic heterocycles. The van der Waals surface area contributed by atoms with Crippen LogP contribution < -0.4 is 10.5 Å². The van der Waals surface area contributed by atoms with E-state index in [-0.39, 0.29) is 5.41 Å². The van der Waals surface area contributed by atoms with Crippen molar-refractivity contribution < 1.29 is 8.42 Å². The van der Waals surface area contributed by atoms with Gasteiger partial charge in [-0.2, -0.15) is 12.7 Å². The summed E-state index contributed by atoms with van der Waals surface area (Å²) in [4.78, 5) is 0.